The molecule has 1 saturated heterocycles. The highest BCUT2D eigenvalue weighted by Crippen LogP contribution is 2.28. The number of nitrogens with two attached hydrogens (primary N) is 1. The Morgan fingerprint density at radius 3 is 2.54 bits per heavy atom. The molecule has 1 aromatic heterocycles. The van der Waals surface area contributed by atoms with E-state index in [1.807, 2.05) is 6.07 Å². The maximum absolute atomic E-state index is 13.0. The molecule has 136 valence electrons. The lowest BCUT2D eigenvalue weighted by atomic mass is 9.95. The topological polar surface area (TPSA) is 55.3 Å². The Morgan fingerprint density at radius 1 is 1.08 bits per heavy atom. The quantitative estimate of drug-likeness (QED) is 0.755. The normalized spacial score (nSPS) is 20.1. The Balaban J connectivity index is 0.00000196. The number of benzene rings is 2. The molecule has 4 rings (SSSR count). The third-order valence-electron chi connectivity index (χ3n) is 4.70. The molecule has 4 nitrogen and oxygen atoms in total. The van der Waals surface area contributed by atoms with E-state index in [1.165, 1.54) is 17.7 Å². The summed E-state index contributed by atoms with van der Waals surface area (Å²) >= 11 is 0. The van der Waals surface area contributed by atoms with Crippen LogP contribution in [0.2, 0.25) is 0 Å². The van der Waals surface area contributed by atoms with Crippen LogP contribution < -0.4 is 5.73 Å². The summed E-state index contributed by atoms with van der Waals surface area (Å²) in [7, 11) is 0. The summed E-state index contributed by atoms with van der Waals surface area (Å²) in [6.07, 6.45) is 1.67. The fourth-order valence-corrected chi connectivity index (χ4v) is 3.43. The number of likely N-dealkylation sites (tertiary alicyclic amines) is 1. The summed E-state index contributed by atoms with van der Waals surface area (Å²) in [6, 6.07) is 16.7. The summed E-state index contributed by atoms with van der Waals surface area (Å²) in [5.74, 6) is 0.580. The third-order valence-corrected chi connectivity index (χ3v) is 4.70. The van der Waals surface area contributed by atoms with E-state index in [0.29, 0.717) is 18.4 Å². The summed E-state index contributed by atoms with van der Waals surface area (Å²) in [4.78, 5) is 6.83. The second-order valence-corrected chi connectivity index (χ2v) is 6.53. The number of rotatable bonds is 4. The van der Waals surface area contributed by atoms with Gasteiger partial charge in [-0.1, -0.05) is 30.3 Å². The van der Waals surface area contributed by atoms with E-state index in [9.17, 15) is 4.39 Å². The summed E-state index contributed by atoms with van der Waals surface area (Å²) in [5, 5.41) is 0. The van der Waals surface area contributed by atoms with Gasteiger partial charge in [-0.25, -0.2) is 9.37 Å². The first-order chi connectivity index (χ1) is 12.2. The van der Waals surface area contributed by atoms with Crippen LogP contribution in [0.15, 0.2) is 65.3 Å². The van der Waals surface area contributed by atoms with E-state index in [1.54, 1.807) is 18.4 Å². The van der Waals surface area contributed by atoms with Crippen LogP contribution in [-0.4, -0.2) is 29.0 Å². The number of aromatic nitrogens is 1. The molecule has 1 fully saturated rings. The van der Waals surface area contributed by atoms with Crippen molar-refractivity contribution in [2.24, 2.45) is 5.73 Å². The van der Waals surface area contributed by atoms with Gasteiger partial charge in [-0.05, 0) is 29.8 Å². The highest BCUT2D eigenvalue weighted by Gasteiger charge is 2.31. The second kappa shape index (κ2) is 7.99. The highest BCUT2D eigenvalue weighted by molar-refractivity contribution is 5.85. The number of oxazole rings is 1. The van der Waals surface area contributed by atoms with Gasteiger partial charge < -0.3 is 10.2 Å². The minimum Gasteiger partial charge on any atom is -0.444 e. The fourth-order valence-electron chi connectivity index (χ4n) is 3.43. The highest BCUT2D eigenvalue weighted by atomic mass is 35.5. The van der Waals surface area contributed by atoms with Crippen LogP contribution >= 0.6 is 12.4 Å². The molecule has 0 amide bonds. The number of halogens is 2. The van der Waals surface area contributed by atoms with Crippen LogP contribution in [0.5, 0.6) is 0 Å². The van der Waals surface area contributed by atoms with Gasteiger partial charge in [-0.2, -0.15) is 0 Å². The number of hydrogen-bond acceptors (Lipinski definition) is 4. The molecule has 1 aliphatic rings. The molecular formula is C20H21ClFN3O. The average molecular weight is 374 g/mol. The van der Waals surface area contributed by atoms with Crippen LogP contribution in [0.25, 0.3) is 11.5 Å². The SMILES string of the molecule is Cl.N[C@@H]1CN(Cc2coc(-c3ccc(F)cc3)n2)C[C@H]1c1ccccc1. The van der Waals surface area contributed by atoms with Crippen LogP contribution in [-0.2, 0) is 6.54 Å². The molecule has 0 radical (unpaired) electrons. The lowest BCUT2D eigenvalue weighted by molar-refractivity contribution is 0.319. The molecule has 2 atom stereocenters. The molecule has 2 heterocycles. The van der Waals surface area contributed by atoms with Crippen molar-refractivity contribution in [2.75, 3.05) is 13.1 Å². The lowest BCUT2D eigenvalue weighted by Gasteiger charge is -2.14. The van der Waals surface area contributed by atoms with Gasteiger partial charge in [0.1, 0.15) is 12.1 Å². The van der Waals surface area contributed by atoms with Gasteiger partial charge in [-0.3, -0.25) is 4.90 Å². The minimum absolute atomic E-state index is 0. The van der Waals surface area contributed by atoms with Crippen molar-refractivity contribution in [3.05, 3.63) is 77.9 Å². The summed E-state index contributed by atoms with van der Waals surface area (Å²) in [6.45, 7) is 2.43. The van der Waals surface area contributed by atoms with Crippen molar-refractivity contribution in [2.45, 2.75) is 18.5 Å². The van der Waals surface area contributed by atoms with E-state index < -0.39 is 0 Å². The molecule has 0 saturated carbocycles. The van der Waals surface area contributed by atoms with Crippen molar-refractivity contribution in [3.63, 3.8) is 0 Å². The van der Waals surface area contributed by atoms with Crippen LogP contribution in [0.1, 0.15) is 17.2 Å². The first-order valence-electron chi connectivity index (χ1n) is 8.42. The molecule has 26 heavy (non-hydrogen) atoms. The Labute approximate surface area is 158 Å². The van der Waals surface area contributed by atoms with E-state index in [0.717, 1.165) is 24.3 Å². The molecule has 0 spiro atoms. The molecule has 0 bridgehead atoms. The average Bonchev–Trinajstić information content (AvgIpc) is 3.23. The predicted octanol–water partition coefficient (Wildman–Crippen LogP) is 3.83. The fraction of sp³-hybridized carbons (Fsp3) is 0.250. The minimum atomic E-state index is -0.270. The maximum Gasteiger partial charge on any atom is 0.226 e. The number of nitrogens with zero attached hydrogens (tertiary/aromatic N) is 2. The number of hydrogen-bond donors (Lipinski definition) is 1. The van der Waals surface area contributed by atoms with Crippen molar-refractivity contribution < 1.29 is 8.81 Å². The summed E-state index contributed by atoms with van der Waals surface area (Å²) in [5.41, 5.74) is 9.26. The predicted molar refractivity (Wildman–Crippen MR) is 102 cm³/mol. The maximum atomic E-state index is 13.0. The Bertz CT molecular complexity index is 838. The van der Waals surface area contributed by atoms with Crippen LogP contribution in [0, 0.1) is 5.82 Å². The van der Waals surface area contributed by atoms with Crippen molar-refractivity contribution in [1.82, 2.24) is 9.88 Å². The van der Waals surface area contributed by atoms with Gasteiger partial charge >= 0.3 is 0 Å². The zero-order valence-electron chi connectivity index (χ0n) is 14.2. The van der Waals surface area contributed by atoms with Gasteiger partial charge in [0.05, 0.1) is 5.69 Å². The Hall–Kier alpha value is -2.21. The molecule has 0 aliphatic carbocycles. The van der Waals surface area contributed by atoms with Gasteiger partial charge in [0, 0.05) is 37.2 Å². The van der Waals surface area contributed by atoms with Gasteiger partial charge in [-0.15, -0.1) is 12.4 Å². The van der Waals surface area contributed by atoms with Gasteiger partial charge in [0.25, 0.3) is 0 Å². The molecule has 2 aromatic carbocycles. The first kappa shape index (κ1) is 18.6. The monoisotopic (exact) mass is 373 g/mol. The zero-order chi connectivity index (χ0) is 17.2. The third kappa shape index (κ3) is 3.96. The van der Waals surface area contributed by atoms with Crippen molar-refractivity contribution in [3.8, 4) is 11.5 Å². The van der Waals surface area contributed by atoms with Gasteiger partial charge in [0.15, 0.2) is 0 Å². The van der Waals surface area contributed by atoms with Gasteiger partial charge in [0.2, 0.25) is 5.89 Å². The zero-order valence-corrected chi connectivity index (χ0v) is 15.0. The second-order valence-electron chi connectivity index (χ2n) is 6.53. The molecular weight excluding hydrogens is 353 g/mol. The Morgan fingerprint density at radius 2 is 1.81 bits per heavy atom. The molecule has 1 aliphatic heterocycles. The largest absolute Gasteiger partial charge is 0.444 e. The van der Waals surface area contributed by atoms with Crippen LogP contribution in [0.4, 0.5) is 4.39 Å². The first-order valence-corrected chi connectivity index (χ1v) is 8.42. The van der Waals surface area contributed by atoms with E-state index in [-0.39, 0.29) is 24.3 Å². The van der Waals surface area contributed by atoms with Crippen LogP contribution in [0.3, 0.4) is 0 Å². The van der Waals surface area contributed by atoms with E-state index >= 15 is 0 Å². The molecule has 6 heteroatoms. The lowest BCUT2D eigenvalue weighted by Crippen LogP contribution is -2.28. The molecule has 0 unspecified atom stereocenters. The van der Waals surface area contributed by atoms with E-state index in [2.05, 4.69) is 34.1 Å². The van der Waals surface area contributed by atoms with Crippen molar-refractivity contribution >= 4 is 12.4 Å². The standard InChI is InChI=1S/C20H20FN3O.ClH/c21-16-8-6-15(7-9-16)20-23-17(13-25-20)10-24-11-18(19(22)12-24)14-4-2-1-3-5-14;/h1-9,13,18-19H,10-12,22H2;1H/t18-,19+;/m0./s1. The Kier molecular flexibility index (Phi) is 5.71. The van der Waals surface area contributed by atoms with Crippen molar-refractivity contribution in [1.29, 1.82) is 0 Å². The summed E-state index contributed by atoms with van der Waals surface area (Å²) < 4.78 is 18.6. The molecule has 2 N–H and O–H groups in total. The smallest absolute Gasteiger partial charge is 0.226 e. The van der Waals surface area contributed by atoms with E-state index in [4.69, 9.17) is 10.2 Å². The molecule has 3 aromatic rings.